The topological polar surface area (TPSA) is 91.4 Å². The average molecular weight is 450 g/mol. The van der Waals surface area contributed by atoms with Crippen molar-refractivity contribution in [2.75, 3.05) is 18.6 Å². The first-order valence-corrected chi connectivity index (χ1v) is 11.4. The zero-order chi connectivity index (χ0) is 23.5. The Morgan fingerprint density at radius 3 is 2.73 bits per heavy atom. The fourth-order valence-electron chi connectivity index (χ4n) is 4.31. The van der Waals surface area contributed by atoms with Crippen LogP contribution >= 0.6 is 0 Å². The van der Waals surface area contributed by atoms with Gasteiger partial charge in [0.1, 0.15) is 11.6 Å². The first-order chi connectivity index (χ1) is 15.9. The van der Waals surface area contributed by atoms with E-state index in [0.29, 0.717) is 41.4 Å². The number of esters is 1. The molecule has 3 heterocycles. The van der Waals surface area contributed by atoms with Gasteiger partial charge >= 0.3 is 5.97 Å². The van der Waals surface area contributed by atoms with Gasteiger partial charge in [0.25, 0.3) is 5.56 Å². The molecular formula is C25H31N5O3. The maximum absolute atomic E-state index is 12.6. The van der Waals surface area contributed by atoms with E-state index in [1.165, 1.54) is 20.0 Å². The molecule has 1 aliphatic heterocycles. The van der Waals surface area contributed by atoms with Crippen LogP contribution in [-0.4, -0.2) is 51.6 Å². The third kappa shape index (κ3) is 5.06. The van der Waals surface area contributed by atoms with Crippen molar-refractivity contribution in [2.45, 2.75) is 58.8 Å². The van der Waals surface area contributed by atoms with Gasteiger partial charge in [0.15, 0.2) is 0 Å². The Bertz CT molecular complexity index is 1190. The van der Waals surface area contributed by atoms with Crippen LogP contribution in [0.5, 0.6) is 0 Å². The van der Waals surface area contributed by atoms with E-state index in [2.05, 4.69) is 52.7 Å². The fourth-order valence-corrected chi connectivity index (χ4v) is 4.31. The third-order valence-corrected chi connectivity index (χ3v) is 6.30. The summed E-state index contributed by atoms with van der Waals surface area (Å²) in [6.07, 6.45) is 4.36. The molecule has 8 nitrogen and oxygen atoms in total. The first kappa shape index (κ1) is 22.9. The van der Waals surface area contributed by atoms with Crippen LogP contribution in [0.4, 0.5) is 5.82 Å². The quantitative estimate of drug-likeness (QED) is 0.552. The molecular weight excluding hydrogens is 418 g/mol. The molecule has 1 saturated heterocycles. The van der Waals surface area contributed by atoms with E-state index in [4.69, 9.17) is 9.72 Å². The number of H-pyrrole nitrogens is 1. The molecule has 1 fully saturated rings. The summed E-state index contributed by atoms with van der Waals surface area (Å²) in [6, 6.07) is 9.76. The summed E-state index contributed by atoms with van der Waals surface area (Å²) in [7, 11) is 1.33. The van der Waals surface area contributed by atoms with Crippen LogP contribution in [0.1, 0.15) is 55.4 Å². The van der Waals surface area contributed by atoms with Crippen LogP contribution in [0.2, 0.25) is 0 Å². The Hall–Kier alpha value is -3.26. The van der Waals surface area contributed by atoms with Gasteiger partial charge in [-0.3, -0.25) is 9.69 Å². The van der Waals surface area contributed by atoms with Gasteiger partial charge in [-0.25, -0.2) is 14.8 Å². The minimum Gasteiger partial charge on any atom is -0.465 e. The van der Waals surface area contributed by atoms with Crippen molar-refractivity contribution >= 4 is 22.7 Å². The third-order valence-electron chi connectivity index (χ3n) is 6.30. The monoisotopic (exact) mass is 449 g/mol. The number of hydrogen-bond acceptors (Lipinski definition) is 7. The highest BCUT2D eigenvalue weighted by Gasteiger charge is 2.21. The van der Waals surface area contributed by atoms with E-state index < -0.39 is 5.97 Å². The summed E-state index contributed by atoms with van der Waals surface area (Å²) in [6.45, 7) is 8.68. The Morgan fingerprint density at radius 1 is 1.27 bits per heavy atom. The molecule has 0 spiro atoms. The Kier molecular flexibility index (Phi) is 6.74. The number of hydrogen-bond donors (Lipinski definition) is 1. The molecule has 174 valence electrons. The van der Waals surface area contributed by atoms with Crippen molar-refractivity contribution in [3.63, 3.8) is 0 Å². The van der Waals surface area contributed by atoms with Gasteiger partial charge in [-0.15, -0.1) is 0 Å². The second-order valence-corrected chi connectivity index (χ2v) is 8.94. The maximum Gasteiger partial charge on any atom is 0.337 e. The number of aromatic amines is 1. The number of benzene rings is 1. The van der Waals surface area contributed by atoms with Crippen molar-refractivity contribution in [1.82, 2.24) is 19.9 Å². The largest absolute Gasteiger partial charge is 0.465 e. The van der Waals surface area contributed by atoms with Crippen molar-refractivity contribution in [3.8, 4) is 0 Å². The lowest BCUT2D eigenvalue weighted by molar-refractivity contribution is 0.0601. The summed E-state index contributed by atoms with van der Waals surface area (Å²) in [4.78, 5) is 41.3. The Balaban J connectivity index is 1.54. The van der Waals surface area contributed by atoms with Crippen molar-refractivity contribution < 1.29 is 9.53 Å². The number of pyridine rings is 1. The second kappa shape index (κ2) is 9.70. The van der Waals surface area contributed by atoms with Crippen LogP contribution in [0.3, 0.4) is 0 Å². The van der Waals surface area contributed by atoms with Gasteiger partial charge in [0.05, 0.1) is 30.1 Å². The molecule has 33 heavy (non-hydrogen) atoms. The molecule has 1 atom stereocenters. The predicted molar refractivity (Wildman–Crippen MR) is 128 cm³/mol. The normalized spacial score (nSPS) is 16.2. The highest BCUT2D eigenvalue weighted by atomic mass is 16.5. The van der Waals surface area contributed by atoms with Gasteiger partial charge < -0.3 is 14.6 Å². The summed E-state index contributed by atoms with van der Waals surface area (Å²) >= 11 is 0. The number of anilines is 1. The predicted octanol–water partition coefficient (Wildman–Crippen LogP) is 3.50. The highest BCUT2D eigenvalue weighted by molar-refractivity contribution is 5.93. The van der Waals surface area contributed by atoms with Crippen LogP contribution < -0.4 is 10.5 Å². The van der Waals surface area contributed by atoms with Crippen LogP contribution in [0.25, 0.3) is 10.9 Å². The standard InChI is InChI=1S/C25H31N5O3/c1-16(2)29(14-18-7-10-23(26-13-18)30-11-5-6-17(30)3)15-22-27-21-12-19(25(32)33-4)8-9-20(21)24(31)28-22/h7-10,12-13,16-17H,5-6,11,14-15H2,1-4H3,(H,27,28,31)/t17-/m0/s1. The number of carbonyl (C=O) groups excluding carboxylic acids is 1. The van der Waals surface area contributed by atoms with Gasteiger partial charge in [0.2, 0.25) is 0 Å². The number of aromatic nitrogens is 3. The summed E-state index contributed by atoms with van der Waals surface area (Å²) in [5.74, 6) is 1.13. The zero-order valence-corrected chi connectivity index (χ0v) is 19.7. The Labute approximate surface area is 193 Å². The van der Waals surface area contributed by atoms with E-state index >= 15 is 0 Å². The summed E-state index contributed by atoms with van der Waals surface area (Å²) in [5, 5.41) is 0.443. The molecule has 2 aromatic heterocycles. The molecule has 0 radical (unpaired) electrons. The van der Waals surface area contributed by atoms with Crippen molar-refractivity contribution in [1.29, 1.82) is 0 Å². The molecule has 0 aliphatic carbocycles. The number of methoxy groups -OCH3 is 1. The molecule has 0 amide bonds. The minimum absolute atomic E-state index is 0.221. The lowest BCUT2D eigenvalue weighted by atomic mass is 10.1. The minimum atomic E-state index is -0.455. The van der Waals surface area contributed by atoms with Crippen LogP contribution in [0, 0.1) is 0 Å². The van der Waals surface area contributed by atoms with Gasteiger partial charge in [-0.1, -0.05) is 6.07 Å². The van der Waals surface area contributed by atoms with Gasteiger partial charge in [-0.05, 0) is 63.4 Å². The number of fused-ring (bicyclic) bond motifs is 1. The van der Waals surface area contributed by atoms with Gasteiger partial charge in [0, 0.05) is 31.4 Å². The van der Waals surface area contributed by atoms with Crippen LogP contribution in [-0.2, 0) is 17.8 Å². The fraction of sp³-hybridized carbons (Fsp3) is 0.440. The van der Waals surface area contributed by atoms with E-state index in [1.807, 2.05) is 6.20 Å². The van der Waals surface area contributed by atoms with Gasteiger partial charge in [-0.2, -0.15) is 0 Å². The summed E-state index contributed by atoms with van der Waals surface area (Å²) < 4.78 is 4.78. The lowest BCUT2D eigenvalue weighted by Gasteiger charge is -2.26. The molecule has 1 aliphatic rings. The first-order valence-electron chi connectivity index (χ1n) is 11.4. The van der Waals surface area contributed by atoms with Crippen LogP contribution in [0.15, 0.2) is 41.3 Å². The molecule has 1 aromatic carbocycles. The molecule has 0 unspecified atom stereocenters. The van der Waals surface area contributed by atoms with E-state index in [-0.39, 0.29) is 11.6 Å². The maximum atomic E-state index is 12.6. The van der Waals surface area contributed by atoms with E-state index in [9.17, 15) is 9.59 Å². The highest BCUT2D eigenvalue weighted by Crippen LogP contribution is 2.24. The SMILES string of the molecule is COC(=O)c1ccc2c(=O)[nH]c(CN(Cc3ccc(N4CCC[C@@H]4C)nc3)C(C)C)nc2c1. The summed E-state index contributed by atoms with van der Waals surface area (Å²) in [5.41, 5.74) is 1.73. The van der Waals surface area contributed by atoms with E-state index in [1.54, 1.807) is 18.2 Å². The Morgan fingerprint density at radius 2 is 2.09 bits per heavy atom. The molecule has 8 heteroatoms. The van der Waals surface area contributed by atoms with Crippen molar-refractivity contribution in [3.05, 3.63) is 63.8 Å². The second-order valence-electron chi connectivity index (χ2n) is 8.94. The zero-order valence-electron chi connectivity index (χ0n) is 19.7. The number of ether oxygens (including phenoxy) is 1. The molecule has 3 aromatic rings. The molecule has 4 rings (SSSR count). The lowest BCUT2D eigenvalue weighted by Crippen LogP contribution is -2.31. The number of carbonyl (C=O) groups is 1. The molecule has 1 N–H and O–H groups in total. The van der Waals surface area contributed by atoms with Crippen molar-refractivity contribution in [2.24, 2.45) is 0 Å². The number of nitrogens with one attached hydrogen (secondary N) is 1. The average Bonchev–Trinajstić information content (AvgIpc) is 3.24. The number of nitrogens with zero attached hydrogens (tertiary/aromatic N) is 4. The smallest absolute Gasteiger partial charge is 0.337 e. The number of rotatable bonds is 7. The molecule has 0 saturated carbocycles. The molecule has 0 bridgehead atoms. The van der Waals surface area contributed by atoms with E-state index in [0.717, 1.165) is 17.9 Å².